The molecule has 7 heteroatoms. The van der Waals surface area contributed by atoms with Crippen molar-refractivity contribution < 1.29 is 8.42 Å². The van der Waals surface area contributed by atoms with Crippen LogP contribution in [0.4, 0.5) is 0 Å². The average molecular weight is 294 g/mol. The van der Waals surface area contributed by atoms with E-state index in [9.17, 15) is 8.42 Å². The molecule has 6 nitrogen and oxygen atoms in total. The number of nitrogens with two attached hydrogens (primary N) is 1. The van der Waals surface area contributed by atoms with Gasteiger partial charge in [-0.25, -0.2) is 13.1 Å². The predicted octanol–water partition coefficient (Wildman–Crippen LogP) is 0.881. The minimum absolute atomic E-state index is 0.200. The fraction of sp³-hybridized carbons (Fsp3) is 0.308. The highest BCUT2D eigenvalue weighted by molar-refractivity contribution is 7.89. The van der Waals surface area contributed by atoms with Crippen molar-refractivity contribution in [1.82, 2.24) is 14.5 Å². The second kappa shape index (κ2) is 6.17. The molecular weight excluding hydrogens is 276 g/mol. The van der Waals surface area contributed by atoms with E-state index >= 15 is 0 Å². The summed E-state index contributed by atoms with van der Waals surface area (Å²) in [5, 5.41) is 4.01. The van der Waals surface area contributed by atoms with Crippen molar-refractivity contribution in [2.45, 2.75) is 24.4 Å². The van der Waals surface area contributed by atoms with Crippen molar-refractivity contribution in [2.75, 3.05) is 6.54 Å². The van der Waals surface area contributed by atoms with Crippen molar-refractivity contribution in [3.8, 4) is 0 Å². The molecule has 20 heavy (non-hydrogen) atoms. The van der Waals surface area contributed by atoms with Gasteiger partial charge in [0.1, 0.15) is 0 Å². The molecule has 1 aromatic heterocycles. The fourth-order valence-electron chi connectivity index (χ4n) is 1.78. The van der Waals surface area contributed by atoms with Crippen molar-refractivity contribution >= 4 is 10.0 Å². The molecule has 2 rings (SSSR count). The van der Waals surface area contributed by atoms with Gasteiger partial charge in [0.2, 0.25) is 10.0 Å². The summed E-state index contributed by atoms with van der Waals surface area (Å²) < 4.78 is 28.5. The third-order valence-electron chi connectivity index (χ3n) is 2.89. The average Bonchev–Trinajstić information content (AvgIpc) is 2.92. The second-order valence-electron chi connectivity index (χ2n) is 4.53. The van der Waals surface area contributed by atoms with Gasteiger partial charge in [0, 0.05) is 25.0 Å². The van der Waals surface area contributed by atoms with E-state index in [1.807, 2.05) is 13.0 Å². The summed E-state index contributed by atoms with van der Waals surface area (Å²) in [5.74, 6) is 0. The quantitative estimate of drug-likeness (QED) is 0.827. The monoisotopic (exact) mass is 294 g/mol. The highest BCUT2D eigenvalue weighted by Gasteiger charge is 2.14. The lowest BCUT2D eigenvalue weighted by Gasteiger charge is -2.10. The number of nitrogens with zero attached hydrogens (tertiary/aromatic N) is 2. The summed E-state index contributed by atoms with van der Waals surface area (Å²) >= 11 is 0. The van der Waals surface area contributed by atoms with E-state index in [2.05, 4.69) is 9.82 Å². The molecule has 0 bridgehead atoms. The lowest BCUT2D eigenvalue weighted by Crippen LogP contribution is -2.27. The Balaban J connectivity index is 2.04. The number of aromatic nitrogens is 2. The van der Waals surface area contributed by atoms with Gasteiger partial charge in [-0.1, -0.05) is 12.1 Å². The van der Waals surface area contributed by atoms with Crippen LogP contribution in [-0.2, 0) is 16.6 Å². The minimum atomic E-state index is -3.52. The molecule has 1 aromatic carbocycles. The third kappa shape index (κ3) is 3.66. The Kier molecular flexibility index (Phi) is 4.53. The van der Waals surface area contributed by atoms with Crippen LogP contribution in [0.15, 0.2) is 47.6 Å². The zero-order chi connectivity index (χ0) is 14.6. The SMILES string of the molecule is CC(N)c1cccc(S(=O)(=O)NCCn2cccn2)c1. The zero-order valence-electron chi connectivity index (χ0n) is 11.2. The predicted molar refractivity (Wildman–Crippen MR) is 76.5 cm³/mol. The molecule has 2 aromatic rings. The molecule has 1 heterocycles. The van der Waals surface area contributed by atoms with Crippen LogP contribution in [0.25, 0.3) is 0 Å². The van der Waals surface area contributed by atoms with Crippen LogP contribution in [0.5, 0.6) is 0 Å². The molecule has 0 spiro atoms. The first-order chi connectivity index (χ1) is 9.49. The lowest BCUT2D eigenvalue weighted by molar-refractivity contribution is 0.560. The van der Waals surface area contributed by atoms with E-state index in [-0.39, 0.29) is 17.5 Å². The Labute approximate surface area is 118 Å². The highest BCUT2D eigenvalue weighted by Crippen LogP contribution is 2.15. The Bertz CT molecular complexity index is 651. The largest absolute Gasteiger partial charge is 0.324 e. The summed E-state index contributed by atoms with van der Waals surface area (Å²) in [6.45, 7) is 2.59. The molecule has 1 unspecified atom stereocenters. The van der Waals surface area contributed by atoms with Gasteiger partial charge in [-0.3, -0.25) is 4.68 Å². The first kappa shape index (κ1) is 14.7. The first-order valence-electron chi connectivity index (χ1n) is 6.32. The minimum Gasteiger partial charge on any atom is -0.324 e. The van der Waals surface area contributed by atoms with Crippen LogP contribution in [0, 0.1) is 0 Å². The summed E-state index contributed by atoms with van der Waals surface area (Å²) in [5.41, 5.74) is 6.55. The van der Waals surface area contributed by atoms with E-state index in [1.54, 1.807) is 41.3 Å². The molecule has 0 aliphatic heterocycles. The summed E-state index contributed by atoms with van der Waals surface area (Å²) in [6, 6.07) is 8.26. The maximum Gasteiger partial charge on any atom is 0.240 e. The van der Waals surface area contributed by atoms with Crippen molar-refractivity contribution in [2.24, 2.45) is 5.73 Å². The first-order valence-corrected chi connectivity index (χ1v) is 7.80. The number of hydrogen-bond acceptors (Lipinski definition) is 4. The molecule has 0 fully saturated rings. The number of rotatable bonds is 6. The van der Waals surface area contributed by atoms with E-state index in [4.69, 9.17) is 5.73 Å². The van der Waals surface area contributed by atoms with Gasteiger partial charge < -0.3 is 5.73 Å². The van der Waals surface area contributed by atoms with Crippen molar-refractivity contribution in [3.05, 3.63) is 48.3 Å². The molecular formula is C13H18N4O2S. The molecule has 108 valence electrons. The van der Waals surface area contributed by atoms with Gasteiger partial charge in [0.25, 0.3) is 0 Å². The summed E-state index contributed by atoms with van der Waals surface area (Å²) in [4.78, 5) is 0.229. The topological polar surface area (TPSA) is 90.0 Å². The summed E-state index contributed by atoms with van der Waals surface area (Å²) in [7, 11) is -3.52. The van der Waals surface area contributed by atoms with E-state index in [0.717, 1.165) is 5.56 Å². The Hall–Kier alpha value is -1.70. The van der Waals surface area contributed by atoms with Crippen LogP contribution >= 0.6 is 0 Å². The van der Waals surface area contributed by atoms with Gasteiger partial charge in [-0.2, -0.15) is 5.10 Å². The second-order valence-corrected chi connectivity index (χ2v) is 6.30. The van der Waals surface area contributed by atoms with Crippen LogP contribution < -0.4 is 10.5 Å². The van der Waals surface area contributed by atoms with Crippen molar-refractivity contribution in [3.63, 3.8) is 0 Å². The number of nitrogens with one attached hydrogen (secondary N) is 1. The van der Waals surface area contributed by atoms with Gasteiger partial charge in [0.15, 0.2) is 0 Å². The molecule has 3 N–H and O–H groups in total. The van der Waals surface area contributed by atoms with Crippen LogP contribution in [0.1, 0.15) is 18.5 Å². The third-order valence-corrected chi connectivity index (χ3v) is 4.35. The normalized spacial score (nSPS) is 13.3. The van der Waals surface area contributed by atoms with Crippen LogP contribution in [-0.4, -0.2) is 24.7 Å². The molecule has 0 radical (unpaired) electrons. The molecule has 0 amide bonds. The van der Waals surface area contributed by atoms with Gasteiger partial charge >= 0.3 is 0 Å². The van der Waals surface area contributed by atoms with Crippen molar-refractivity contribution in [1.29, 1.82) is 0 Å². The highest BCUT2D eigenvalue weighted by atomic mass is 32.2. The van der Waals surface area contributed by atoms with E-state index < -0.39 is 10.0 Å². The molecule has 0 saturated carbocycles. The maximum atomic E-state index is 12.2. The number of sulfonamides is 1. The van der Waals surface area contributed by atoms with Crippen LogP contribution in [0.3, 0.4) is 0 Å². The Morgan fingerprint density at radius 3 is 2.85 bits per heavy atom. The fourth-order valence-corrected chi connectivity index (χ4v) is 2.85. The molecule has 0 saturated heterocycles. The number of benzene rings is 1. The standard InChI is InChI=1S/C13H18N4O2S/c1-11(14)12-4-2-5-13(10-12)20(18,19)16-7-9-17-8-3-6-15-17/h2-6,8,10-11,16H,7,9,14H2,1H3. The molecule has 0 aliphatic rings. The van der Waals surface area contributed by atoms with Gasteiger partial charge in [-0.05, 0) is 30.7 Å². The Morgan fingerprint density at radius 1 is 1.40 bits per heavy atom. The smallest absolute Gasteiger partial charge is 0.240 e. The molecule has 1 atom stereocenters. The number of hydrogen-bond donors (Lipinski definition) is 2. The lowest BCUT2D eigenvalue weighted by atomic mass is 10.1. The van der Waals surface area contributed by atoms with Gasteiger partial charge in [0.05, 0.1) is 11.4 Å². The molecule has 0 aliphatic carbocycles. The van der Waals surface area contributed by atoms with Gasteiger partial charge in [-0.15, -0.1) is 0 Å². The van der Waals surface area contributed by atoms with Crippen LogP contribution in [0.2, 0.25) is 0 Å². The zero-order valence-corrected chi connectivity index (χ0v) is 12.0. The summed E-state index contributed by atoms with van der Waals surface area (Å²) in [6.07, 6.45) is 3.44. The van der Waals surface area contributed by atoms with E-state index in [1.165, 1.54) is 0 Å². The Morgan fingerprint density at radius 2 is 2.20 bits per heavy atom. The van der Waals surface area contributed by atoms with E-state index in [0.29, 0.717) is 6.54 Å². The maximum absolute atomic E-state index is 12.2.